The fourth-order valence-electron chi connectivity index (χ4n) is 4.68. The molecule has 11 nitrogen and oxygen atoms in total. The Bertz CT molecular complexity index is 1350. The van der Waals surface area contributed by atoms with Crippen molar-refractivity contribution in [3.8, 4) is 5.88 Å². The summed E-state index contributed by atoms with van der Waals surface area (Å²) in [6.45, 7) is 1.65. The summed E-state index contributed by atoms with van der Waals surface area (Å²) in [7, 11) is 0. The van der Waals surface area contributed by atoms with Gasteiger partial charge in [-0.1, -0.05) is 12.8 Å². The second kappa shape index (κ2) is 11.1. The number of amides is 2. The van der Waals surface area contributed by atoms with Crippen LogP contribution in [0.15, 0.2) is 36.4 Å². The first-order valence-electron chi connectivity index (χ1n) is 12.6. The van der Waals surface area contributed by atoms with Crippen molar-refractivity contribution >= 4 is 40.2 Å². The molecule has 2 fully saturated rings. The fourth-order valence-corrected chi connectivity index (χ4v) is 4.68. The number of carbonyl (C=O) groups excluding carboxylic acids is 2. The van der Waals surface area contributed by atoms with Crippen molar-refractivity contribution in [1.29, 1.82) is 0 Å². The number of anilines is 3. The third-order valence-corrected chi connectivity index (χ3v) is 6.77. The van der Waals surface area contributed by atoms with Crippen LogP contribution in [-0.2, 0) is 4.74 Å². The topological polar surface area (TPSA) is 158 Å². The predicted octanol–water partition coefficient (Wildman–Crippen LogP) is 3.12. The van der Waals surface area contributed by atoms with Crippen molar-refractivity contribution in [1.82, 2.24) is 14.9 Å². The standard InChI is InChI=1S/C26H30FN7O4/c27-18-14-17(23(29)35)24(33-25(18)32-21-4-2-1-3-19(21)28)30-16-6-7-20-15(13-16)5-8-22(31-20)37-11-9-34-10-12-38-26(34)36/h5-8,13-14,19,21H,1-4,9-12,28H2,(H2,29,35)(H2,30,32,33). The maximum absolute atomic E-state index is 14.8. The van der Waals surface area contributed by atoms with Crippen molar-refractivity contribution < 1.29 is 23.5 Å². The van der Waals surface area contributed by atoms with E-state index < -0.39 is 11.7 Å². The summed E-state index contributed by atoms with van der Waals surface area (Å²) in [6.07, 6.45) is 3.38. The number of primary amides is 1. The lowest BCUT2D eigenvalue weighted by atomic mass is 9.91. The molecular formula is C26H30FN7O4. The first-order valence-corrected chi connectivity index (χ1v) is 12.6. The number of halogens is 1. The number of benzene rings is 1. The van der Waals surface area contributed by atoms with Gasteiger partial charge in [0.05, 0.1) is 24.2 Å². The molecule has 3 heterocycles. The third kappa shape index (κ3) is 5.70. The van der Waals surface area contributed by atoms with Crippen LogP contribution in [0.3, 0.4) is 0 Å². The number of hydrogen-bond donors (Lipinski definition) is 4. The molecule has 12 heteroatoms. The smallest absolute Gasteiger partial charge is 0.410 e. The molecule has 200 valence electrons. The van der Waals surface area contributed by atoms with E-state index in [1.165, 1.54) is 0 Å². The normalized spacial score (nSPS) is 19.3. The maximum atomic E-state index is 14.8. The predicted molar refractivity (Wildman–Crippen MR) is 140 cm³/mol. The monoisotopic (exact) mass is 523 g/mol. The molecule has 3 aromatic rings. The number of carbonyl (C=O) groups is 2. The highest BCUT2D eigenvalue weighted by Gasteiger charge is 2.25. The number of cyclic esters (lactones) is 1. The molecule has 0 bridgehead atoms. The van der Waals surface area contributed by atoms with Gasteiger partial charge in [-0.05, 0) is 43.2 Å². The van der Waals surface area contributed by atoms with Gasteiger partial charge in [0.15, 0.2) is 11.6 Å². The molecule has 2 amide bonds. The van der Waals surface area contributed by atoms with E-state index in [1.54, 1.807) is 23.1 Å². The summed E-state index contributed by atoms with van der Waals surface area (Å²) in [6, 6.07) is 9.83. The summed E-state index contributed by atoms with van der Waals surface area (Å²) >= 11 is 0. The SMILES string of the molecule is NC(=O)c1cc(F)c(NC2CCCCC2N)nc1Nc1ccc2nc(OCCN3CCOC3=O)ccc2c1. The van der Waals surface area contributed by atoms with Gasteiger partial charge >= 0.3 is 6.09 Å². The number of nitrogens with one attached hydrogen (secondary N) is 2. The quantitative estimate of drug-likeness (QED) is 0.331. The molecule has 2 unspecified atom stereocenters. The Labute approximate surface area is 218 Å². The minimum absolute atomic E-state index is 0.0197. The molecule has 1 aromatic carbocycles. The number of pyridine rings is 2. The van der Waals surface area contributed by atoms with Crippen LogP contribution < -0.4 is 26.8 Å². The zero-order valence-corrected chi connectivity index (χ0v) is 20.8. The van der Waals surface area contributed by atoms with E-state index in [0.29, 0.717) is 43.4 Å². The van der Waals surface area contributed by atoms with Gasteiger partial charge in [-0.15, -0.1) is 0 Å². The van der Waals surface area contributed by atoms with Crippen LogP contribution in [0.2, 0.25) is 0 Å². The Hall–Kier alpha value is -4.19. The molecule has 5 rings (SSSR count). The fraction of sp³-hybridized carbons (Fsp3) is 0.385. The Morgan fingerprint density at radius 3 is 2.76 bits per heavy atom. The lowest BCUT2D eigenvalue weighted by Gasteiger charge is -2.30. The molecule has 1 aliphatic carbocycles. The molecule has 1 saturated heterocycles. The average Bonchev–Trinajstić information content (AvgIpc) is 3.31. The van der Waals surface area contributed by atoms with Crippen LogP contribution in [0.5, 0.6) is 5.88 Å². The molecule has 2 aliphatic rings. The number of nitrogens with zero attached hydrogens (tertiary/aromatic N) is 3. The second-order valence-electron chi connectivity index (χ2n) is 9.41. The van der Waals surface area contributed by atoms with Crippen molar-refractivity contribution in [2.24, 2.45) is 11.5 Å². The van der Waals surface area contributed by atoms with E-state index in [4.69, 9.17) is 20.9 Å². The largest absolute Gasteiger partial charge is 0.476 e. The van der Waals surface area contributed by atoms with Crippen molar-refractivity contribution in [3.05, 3.63) is 47.8 Å². The average molecular weight is 524 g/mol. The highest BCUT2D eigenvalue weighted by molar-refractivity contribution is 5.99. The minimum atomic E-state index is -0.800. The third-order valence-electron chi connectivity index (χ3n) is 6.77. The van der Waals surface area contributed by atoms with Crippen molar-refractivity contribution in [2.45, 2.75) is 37.8 Å². The zero-order valence-electron chi connectivity index (χ0n) is 20.8. The van der Waals surface area contributed by atoms with E-state index in [9.17, 15) is 14.0 Å². The van der Waals surface area contributed by atoms with Crippen LogP contribution in [-0.4, -0.2) is 65.3 Å². The molecule has 0 spiro atoms. The van der Waals surface area contributed by atoms with Crippen LogP contribution in [0, 0.1) is 5.82 Å². The first kappa shape index (κ1) is 25.5. The van der Waals surface area contributed by atoms with Crippen LogP contribution in [0.1, 0.15) is 36.0 Å². The lowest BCUT2D eigenvalue weighted by molar-refractivity contribution is 0.100. The van der Waals surface area contributed by atoms with E-state index in [1.807, 2.05) is 12.1 Å². The van der Waals surface area contributed by atoms with E-state index in [0.717, 1.165) is 37.1 Å². The molecule has 38 heavy (non-hydrogen) atoms. The van der Waals surface area contributed by atoms with Gasteiger partial charge in [0, 0.05) is 29.2 Å². The maximum Gasteiger partial charge on any atom is 0.410 e. The number of nitrogens with two attached hydrogens (primary N) is 2. The van der Waals surface area contributed by atoms with Gasteiger partial charge in [0.25, 0.3) is 5.91 Å². The lowest BCUT2D eigenvalue weighted by Crippen LogP contribution is -2.43. The van der Waals surface area contributed by atoms with Crippen molar-refractivity contribution in [2.75, 3.05) is 36.9 Å². The molecule has 1 saturated carbocycles. The first-order chi connectivity index (χ1) is 18.4. The summed E-state index contributed by atoms with van der Waals surface area (Å²) in [5.74, 6) is -0.881. The van der Waals surface area contributed by atoms with Crippen LogP contribution >= 0.6 is 0 Å². The Morgan fingerprint density at radius 1 is 1.16 bits per heavy atom. The van der Waals surface area contributed by atoms with E-state index >= 15 is 0 Å². The highest BCUT2D eigenvalue weighted by atomic mass is 19.1. The Balaban J connectivity index is 1.31. The molecule has 1 aliphatic heterocycles. The molecule has 2 aromatic heterocycles. The molecular weight excluding hydrogens is 493 g/mol. The van der Waals surface area contributed by atoms with Gasteiger partial charge < -0.3 is 36.5 Å². The number of fused-ring (bicyclic) bond motifs is 1. The van der Waals surface area contributed by atoms with Gasteiger partial charge in [-0.2, -0.15) is 0 Å². The minimum Gasteiger partial charge on any atom is -0.476 e. The summed E-state index contributed by atoms with van der Waals surface area (Å²) in [4.78, 5) is 34.0. The van der Waals surface area contributed by atoms with Crippen LogP contribution in [0.4, 0.5) is 26.5 Å². The Kier molecular flexibility index (Phi) is 7.40. The zero-order chi connectivity index (χ0) is 26.6. The van der Waals surface area contributed by atoms with Crippen LogP contribution in [0.25, 0.3) is 10.9 Å². The number of rotatable bonds is 9. The van der Waals surface area contributed by atoms with Gasteiger partial charge in [-0.25, -0.2) is 19.2 Å². The molecule has 6 N–H and O–H groups in total. The number of ether oxygens (including phenoxy) is 2. The Morgan fingerprint density at radius 2 is 2.00 bits per heavy atom. The summed E-state index contributed by atoms with van der Waals surface area (Å²) in [5, 5.41) is 7.00. The van der Waals surface area contributed by atoms with Gasteiger partial charge in [0.2, 0.25) is 5.88 Å². The van der Waals surface area contributed by atoms with E-state index in [2.05, 4.69) is 20.6 Å². The summed E-state index contributed by atoms with van der Waals surface area (Å²) in [5.41, 5.74) is 12.9. The van der Waals surface area contributed by atoms with E-state index in [-0.39, 0.29) is 35.4 Å². The summed E-state index contributed by atoms with van der Waals surface area (Å²) < 4.78 is 25.4. The number of hydrogen-bond acceptors (Lipinski definition) is 9. The number of aromatic nitrogens is 2. The highest BCUT2D eigenvalue weighted by Crippen LogP contribution is 2.28. The second-order valence-corrected chi connectivity index (χ2v) is 9.41. The molecule has 0 radical (unpaired) electrons. The molecule has 2 atom stereocenters. The van der Waals surface area contributed by atoms with Crippen molar-refractivity contribution in [3.63, 3.8) is 0 Å². The van der Waals surface area contributed by atoms with Gasteiger partial charge in [0.1, 0.15) is 19.0 Å². The van der Waals surface area contributed by atoms with Gasteiger partial charge in [-0.3, -0.25) is 4.79 Å².